The van der Waals surface area contributed by atoms with Gasteiger partial charge in [0.2, 0.25) is 5.82 Å². The van der Waals surface area contributed by atoms with E-state index in [2.05, 4.69) is 78.0 Å². The molecule has 0 bridgehead atoms. The lowest BCUT2D eigenvalue weighted by molar-refractivity contribution is -0.142. The summed E-state index contributed by atoms with van der Waals surface area (Å²) in [5.41, 5.74) is 6.30. The first-order chi connectivity index (χ1) is 17.9. The molecule has 188 valence electrons. The number of carbonyl (C=O) groups is 1. The van der Waals surface area contributed by atoms with Gasteiger partial charge in [-0.1, -0.05) is 35.5 Å². The standard InChI is InChI=1S/C30H30N4O3/c1-18(2)34-14-13-20-15-21(11-12-26(20)34)29-31-28(32-37-29)23-9-6-7-22(19(23)3)16-33-17-25(30(35)36)24-8-4-5-10-27(24)33/h4-7,9-15,18,24-25H,8,16-17H2,1-3H3,(H,35,36). The Bertz CT molecular complexity index is 1560. The van der Waals surface area contributed by atoms with E-state index in [1.807, 2.05) is 24.3 Å². The van der Waals surface area contributed by atoms with Crippen LogP contribution in [0.1, 0.15) is 37.4 Å². The van der Waals surface area contributed by atoms with Crippen LogP contribution in [0.15, 0.2) is 77.1 Å². The van der Waals surface area contributed by atoms with E-state index in [9.17, 15) is 9.90 Å². The van der Waals surface area contributed by atoms with Crippen molar-refractivity contribution < 1.29 is 14.4 Å². The summed E-state index contributed by atoms with van der Waals surface area (Å²) < 4.78 is 7.93. The molecule has 7 nitrogen and oxygen atoms in total. The van der Waals surface area contributed by atoms with Crippen LogP contribution in [0.3, 0.4) is 0 Å². The third-order valence-corrected chi connectivity index (χ3v) is 7.76. The van der Waals surface area contributed by atoms with Crippen molar-refractivity contribution in [2.24, 2.45) is 11.8 Å². The second-order valence-electron chi connectivity index (χ2n) is 10.3. The fourth-order valence-corrected chi connectivity index (χ4v) is 5.72. The highest BCUT2D eigenvalue weighted by Crippen LogP contribution is 2.39. The summed E-state index contributed by atoms with van der Waals surface area (Å²) in [4.78, 5) is 18.8. The molecule has 0 amide bonds. The number of carboxylic acid groups (broad SMARTS) is 1. The summed E-state index contributed by atoms with van der Waals surface area (Å²) in [5, 5.41) is 15.2. The molecule has 2 unspecified atom stereocenters. The van der Waals surface area contributed by atoms with Crippen LogP contribution >= 0.6 is 0 Å². The predicted octanol–water partition coefficient (Wildman–Crippen LogP) is 6.22. The van der Waals surface area contributed by atoms with Crippen LogP contribution in [0, 0.1) is 18.8 Å². The molecule has 3 heterocycles. The van der Waals surface area contributed by atoms with Gasteiger partial charge in [-0.2, -0.15) is 4.98 Å². The Morgan fingerprint density at radius 2 is 2.08 bits per heavy atom. The molecule has 0 saturated carbocycles. The second-order valence-corrected chi connectivity index (χ2v) is 10.3. The zero-order chi connectivity index (χ0) is 25.7. The third-order valence-electron chi connectivity index (χ3n) is 7.76. The summed E-state index contributed by atoms with van der Waals surface area (Å²) in [6.07, 6.45) is 9.03. The normalized spacial score (nSPS) is 19.0. The van der Waals surface area contributed by atoms with Crippen LogP contribution in [0.25, 0.3) is 33.7 Å². The summed E-state index contributed by atoms with van der Waals surface area (Å²) in [5.74, 6) is -0.0196. The zero-order valence-electron chi connectivity index (χ0n) is 21.3. The smallest absolute Gasteiger partial charge is 0.308 e. The molecule has 2 aromatic carbocycles. The molecule has 1 saturated heterocycles. The molecular weight excluding hydrogens is 464 g/mol. The monoisotopic (exact) mass is 494 g/mol. The second kappa shape index (κ2) is 9.07. The SMILES string of the molecule is Cc1c(CN2CC(C(=O)O)C3CC=CC=C32)cccc1-c1noc(-c2ccc3c(ccn3C(C)C)c2)n1. The molecule has 2 atom stereocenters. The Morgan fingerprint density at radius 1 is 1.22 bits per heavy atom. The van der Waals surface area contributed by atoms with Gasteiger partial charge in [-0.25, -0.2) is 0 Å². The average molecular weight is 495 g/mol. The molecular formula is C30H30N4O3. The van der Waals surface area contributed by atoms with Crippen molar-refractivity contribution in [3.63, 3.8) is 0 Å². The van der Waals surface area contributed by atoms with Gasteiger partial charge >= 0.3 is 5.97 Å². The van der Waals surface area contributed by atoms with Crippen molar-refractivity contribution >= 4 is 16.9 Å². The maximum Gasteiger partial charge on any atom is 0.308 e. The van der Waals surface area contributed by atoms with Gasteiger partial charge in [-0.3, -0.25) is 4.79 Å². The lowest BCUT2D eigenvalue weighted by Crippen LogP contribution is -2.23. The Kier molecular flexibility index (Phi) is 5.71. The Hall–Kier alpha value is -4.13. The molecule has 1 aliphatic heterocycles. The van der Waals surface area contributed by atoms with Crippen molar-refractivity contribution in [2.45, 2.75) is 39.8 Å². The van der Waals surface area contributed by atoms with Gasteiger partial charge in [0.15, 0.2) is 0 Å². The molecule has 0 radical (unpaired) electrons. The quantitative estimate of drug-likeness (QED) is 0.342. The lowest BCUT2D eigenvalue weighted by Gasteiger charge is -2.24. The van der Waals surface area contributed by atoms with E-state index in [-0.39, 0.29) is 11.8 Å². The van der Waals surface area contributed by atoms with Gasteiger partial charge in [-0.15, -0.1) is 0 Å². The summed E-state index contributed by atoms with van der Waals surface area (Å²) in [6.45, 7) is 7.57. The highest BCUT2D eigenvalue weighted by Gasteiger charge is 2.41. The predicted molar refractivity (Wildman–Crippen MR) is 143 cm³/mol. The average Bonchev–Trinajstić information content (AvgIpc) is 3.62. The lowest BCUT2D eigenvalue weighted by atomic mass is 9.88. The molecule has 1 fully saturated rings. The first-order valence-electron chi connectivity index (χ1n) is 12.8. The molecule has 7 heteroatoms. The van der Waals surface area contributed by atoms with Crippen LogP contribution in [0.2, 0.25) is 0 Å². The van der Waals surface area contributed by atoms with Crippen molar-refractivity contribution in [3.8, 4) is 22.8 Å². The fraction of sp³-hybridized carbons (Fsp3) is 0.300. The molecule has 37 heavy (non-hydrogen) atoms. The van der Waals surface area contributed by atoms with E-state index in [4.69, 9.17) is 9.51 Å². The molecule has 1 aliphatic carbocycles. The molecule has 0 spiro atoms. The number of benzene rings is 2. The Labute approximate surface area is 215 Å². The number of rotatable bonds is 6. The van der Waals surface area contributed by atoms with Gasteiger partial charge in [-0.05, 0) is 68.7 Å². The molecule has 6 rings (SSSR count). The zero-order valence-corrected chi connectivity index (χ0v) is 21.3. The minimum absolute atomic E-state index is 0.0422. The largest absolute Gasteiger partial charge is 0.481 e. The fourth-order valence-electron chi connectivity index (χ4n) is 5.72. The topological polar surface area (TPSA) is 84.4 Å². The molecule has 4 aromatic rings. The van der Waals surface area contributed by atoms with Crippen LogP contribution in [-0.4, -0.2) is 37.2 Å². The first kappa shape index (κ1) is 23.3. The Morgan fingerprint density at radius 3 is 2.89 bits per heavy atom. The number of carboxylic acids is 1. The molecule has 2 aliphatic rings. The first-order valence-corrected chi connectivity index (χ1v) is 12.8. The number of aromatic nitrogens is 3. The number of nitrogens with zero attached hydrogens (tertiary/aromatic N) is 4. The number of likely N-dealkylation sites (tertiary alicyclic amines) is 1. The highest BCUT2D eigenvalue weighted by atomic mass is 16.5. The number of allylic oxidation sites excluding steroid dienone is 4. The Balaban J connectivity index is 1.28. The van der Waals surface area contributed by atoms with Gasteiger partial charge in [0.1, 0.15) is 0 Å². The summed E-state index contributed by atoms with van der Waals surface area (Å²) in [7, 11) is 0. The number of hydrogen-bond donors (Lipinski definition) is 1. The van der Waals surface area contributed by atoms with Crippen molar-refractivity contribution in [2.75, 3.05) is 6.54 Å². The maximum absolute atomic E-state index is 11.9. The van der Waals surface area contributed by atoms with E-state index >= 15 is 0 Å². The van der Waals surface area contributed by atoms with Gasteiger partial charge in [0.05, 0.1) is 5.92 Å². The number of fused-ring (bicyclic) bond motifs is 2. The number of aliphatic carboxylic acids is 1. The van der Waals surface area contributed by atoms with E-state index < -0.39 is 5.97 Å². The van der Waals surface area contributed by atoms with Crippen molar-refractivity contribution in [1.29, 1.82) is 0 Å². The van der Waals surface area contributed by atoms with Gasteiger partial charge in [0.25, 0.3) is 5.89 Å². The van der Waals surface area contributed by atoms with Crippen LogP contribution in [-0.2, 0) is 11.3 Å². The van der Waals surface area contributed by atoms with Crippen LogP contribution < -0.4 is 0 Å². The van der Waals surface area contributed by atoms with Crippen LogP contribution in [0.4, 0.5) is 0 Å². The van der Waals surface area contributed by atoms with Crippen LogP contribution in [0.5, 0.6) is 0 Å². The highest BCUT2D eigenvalue weighted by molar-refractivity contribution is 5.84. The maximum atomic E-state index is 11.9. The van der Waals surface area contributed by atoms with Crippen molar-refractivity contribution in [3.05, 3.63) is 83.7 Å². The molecule has 2 aromatic heterocycles. The van der Waals surface area contributed by atoms with Crippen molar-refractivity contribution in [1.82, 2.24) is 19.6 Å². The van der Waals surface area contributed by atoms with Gasteiger partial charge < -0.3 is 19.1 Å². The minimum atomic E-state index is -0.725. The summed E-state index contributed by atoms with van der Waals surface area (Å²) >= 11 is 0. The summed E-state index contributed by atoms with van der Waals surface area (Å²) in [6, 6.07) is 14.8. The molecule has 1 N–H and O–H groups in total. The van der Waals surface area contributed by atoms with E-state index in [1.54, 1.807) is 0 Å². The van der Waals surface area contributed by atoms with E-state index in [0.29, 0.717) is 30.8 Å². The number of hydrogen-bond acceptors (Lipinski definition) is 5. The van der Waals surface area contributed by atoms with E-state index in [0.717, 1.165) is 39.8 Å². The minimum Gasteiger partial charge on any atom is -0.481 e. The van der Waals surface area contributed by atoms with Gasteiger partial charge in [0, 0.05) is 59.0 Å². The van der Waals surface area contributed by atoms with E-state index in [1.165, 1.54) is 5.52 Å². The third kappa shape index (κ3) is 4.04.